The predicted octanol–water partition coefficient (Wildman–Crippen LogP) is 2.79. The van der Waals surface area contributed by atoms with Gasteiger partial charge in [0, 0.05) is 18.5 Å². The largest absolute Gasteiger partial charge is 0.399 e. The molecular formula is C16H20N2O2. The van der Waals surface area contributed by atoms with Gasteiger partial charge < -0.3 is 5.73 Å². The number of hydrogen-bond donors (Lipinski definition) is 1. The number of carbonyl (C=O) groups is 2. The molecule has 1 saturated carbocycles. The van der Waals surface area contributed by atoms with E-state index in [4.69, 9.17) is 5.73 Å². The lowest BCUT2D eigenvalue weighted by Gasteiger charge is -2.37. The average Bonchev–Trinajstić information content (AvgIpc) is 2.80. The summed E-state index contributed by atoms with van der Waals surface area (Å²) in [4.78, 5) is 26.2. The highest BCUT2D eigenvalue weighted by Gasteiger charge is 2.45. The number of nitrogen functional groups attached to an aromatic ring is 1. The van der Waals surface area contributed by atoms with Gasteiger partial charge in [-0.3, -0.25) is 14.5 Å². The van der Waals surface area contributed by atoms with E-state index in [9.17, 15) is 9.59 Å². The molecule has 2 N–H and O–H groups in total. The third-order valence-corrected chi connectivity index (χ3v) is 4.73. The lowest BCUT2D eigenvalue weighted by Crippen LogP contribution is -2.47. The van der Waals surface area contributed by atoms with E-state index < -0.39 is 0 Å². The monoisotopic (exact) mass is 272 g/mol. The molecule has 0 atom stereocenters. The van der Waals surface area contributed by atoms with Gasteiger partial charge in [0.05, 0.1) is 5.69 Å². The van der Waals surface area contributed by atoms with E-state index in [0.29, 0.717) is 24.2 Å². The zero-order valence-corrected chi connectivity index (χ0v) is 11.8. The zero-order valence-electron chi connectivity index (χ0n) is 11.8. The summed E-state index contributed by atoms with van der Waals surface area (Å²) in [7, 11) is 0. The van der Waals surface area contributed by atoms with Crippen LogP contribution in [0.4, 0.5) is 11.4 Å². The smallest absolute Gasteiger partial charge is 0.234 e. The Kier molecular flexibility index (Phi) is 3.04. The van der Waals surface area contributed by atoms with E-state index in [2.05, 4.69) is 0 Å². The minimum absolute atomic E-state index is 0.0481. The fourth-order valence-electron chi connectivity index (χ4n) is 3.57. The highest BCUT2D eigenvalue weighted by molar-refractivity contribution is 6.17. The van der Waals surface area contributed by atoms with Gasteiger partial charge in [0.15, 0.2) is 0 Å². The molecule has 0 unspecified atom stereocenters. The normalized spacial score (nSPS) is 21.8. The molecule has 0 bridgehead atoms. The number of aryl methyl sites for hydroxylation is 1. The van der Waals surface area contributed by atoms with Crippen LogP contribution in [0.15, 0.2) is 18.2 Å². The maximum absolute atomic E-state index is 12.4. The molecule has 1 aliphatic heterocycles. The second-order valence-electron chi connectivity index (χ2n) is 6.22. The molecule has 1 heterocycles. The molecule has 2 aliphatic rings. The fourth-order valence-corrected chi connectivity index (χ4v) is 3.57. The molecule has 2 fully saturated rings. The van der Waals surface area contributed by atoms with Gasteiger partial charge in [-0.15, -0.1) is 0 Å². The molecule has 3 rings (SSSR count). The Bertz CT molecular complexity index is 554. The van der Waals surface area contributed by atoms with Crippen molar-refractivity contribution in [2.24, 2.45) is 5.41 Å². The summed E-state index contributed by atoms with van der Waals surface area (Å²) in [6.07, 6.45) is 5.31. The molecule has 1 aromatic rings. The highest BCUT2D eigenvalue weighted by Crippen LogP contribution is 2.47. The van der Waals surface area contributed by atoms with E-state index in [1.54, 1.807) is 12.1 Å². The fraction of sp³-hybridized carbons (Fsp3) is 0.500. The van der Waals surface area contributed by atoms with Crippen molar-refractivity contribution >= 4 is 23.2 Å². The number of nitrogens with zero attached hydrogens (tertiary/aromatic N) is 1. The van der Waals surface area contributed by atoms with Gasteiger partial charge in [-0.05, 0) is 48.9 Å². The first-order valence-corrected chi connectivity index (χ1v) is 7.23. The van der Waals surface area contributed by atoms with Crippen molar-refractivity contribution in [1.29, 1.82) is 0 Å². The molecule has 4 nitrogen and oxygen atoms in total. The van der Waals surface area contributed by atoms with E-state index >= 15 is 0 Å². The maximum Gasteiger partial charge on any atom is 0.234 e. The third-order valence-electron chi connectivity index (χ3n) is 4.73. The van der Waals surface area contributed by atoms with Gasteiger partial charge in [0.2, 0.25) is 11.8 Å². The van der Waals surface area contributed by atoms with Crippen molar-refractivity contribution < 1.29 is 9.59 Å². The number of rotatable bonds is 1. The number of nitrogens with two attached hydrogens (primary N) is 1. The van der Waals surface area contributed by atoms with Crippen LogP contribution in [0.1, 0.15) is 44.1 Å². The summed E-state index contributed by atoms with van der Waals surface area (Å²) in [6, 6.07) is 5.33. The van der Waals surface area contributed by atoms with Gasteiger partial charge in [-0.1, -0.05) is 12.8 Å². The van der Waals surface area contributed by atoms with Crippen LogP contribution in [-0.2, 0) is 9.59 Å². The number of imide groups is 1. The molecule has 106 valence electrons. The quantitative estimate of drug-likeness (QED) is 0.631. The van der Waals surface area contributed by atoms with Crippen LogP contribution in [0.25, 0.3) is 0 Å². The standard InChI is InChI=1S/C16H20N2O2/c1-11-8-12(4-5-13(11)17)18-14(19)9-16(10-15(18)20)6-2-3-7-16/h4-5,8H,2-3,6-7,9-10,17H2,1H3. The summed E-state index contributed by atoms with van der Waals surface area (Å²) in [5, 5.41) is 0. The topological polar surface area (TPSA) is 63.4 Å². The molecule has 0 radical (unpaired) electrons. The first kappa shape index (κ1) is 13.2. The van der Waals surface area contributed by atoms with Crippen molar-refractivity contribution in [2.75, 3.05) is 10.6 Å². The third kappa shape index (κ3) is 2.09. The van der Waals surface area contributed by atoms with Crippen LogP contribution >= 0.6 is 0 Å². The Morgan fingerprint density at radius 3 is 2.25 bits per heavy atom. The number of carbonyl (C=O) groups excluding carboxylic acids is 2. The van der Waals surface area contributed by atoms with E-state index in [1.165, 1.54) is 4.90 Å². The molecule has 20 heavy (non-hydrogen) atoms. The molecule has 1 aliphatic carbocycles. The Morgan fingerprint density at radius 2 is 1.70 bits per heavy atom. The lowest BCUT2D eigenvalue weighted by atomic mass is 9.76. The number of benzene rings is 1. The molecule has 0 aromatic heterocycles. The summed E-state index contributed by atoms with van der Waals surface area (Å²) >= 11 is 0. The Balaban J connectivity index is 1.89. The molecule has 1 aromatic carbocycles. The van der Waals surface area contributed by atoms with Crippen molar-refractivity contribution in [3.63, 3.8) is 0 Å². The lowest BCUT2D eigenvalue weighted by molar-refractivity contribution is -0.133. The molecule has 2 amide bonds. The predicted molar refractivity (Wildman–Crippen MR) is 78.2 cm³/mol. The van der Waals surface area contributed by atoms with Crippen LogP contribution in [0.2, 0.25) is 0 Å². The summed E-state index contributed by atoms with van der Waals surface area (Å²) < 4.78 is 0. The SMILES string of the molecule is Cc1cc(N2C(=O)CC3(CCCC3)CC2=O)ccc1N. The first-order valence-electron chi connectivity index (χ1n) is 7.23. The summed E-state index contributed by atoms with van der Waals surface area (Å²) in [5.41, 5.74) is 7.97. The molecular weight excluding hydrogens is 252 g/mol. The average molecular weight is 272 g/mol. The van der Waals surface area contributed by atoms with Gasteiger partial charge in [0.1, 0.15) is 0 Å². The second-order valence-corrected chi connectivity index (χ2v) is 6.22. The van der Waals surface area contributed by atoms with Crippen molar-refractivity contribution in [3.05, 3.63) is 23.8 Å². The van der Waals surface area contributed by atoms with Crippen molar-refractivity contribution in [2.45, 2.75) is 45.4 Å². The van der Waals surface area contributed by atoms with E-state index in [-0.39, 0.29) is 17.2 Å². The van der Waals surface area contributed by atoms with Crippen molar-refractivity contribution in [3.8, 4) is 0 Å². The number of amides is 2. The molecule has 4 heteroatoms. The highest BCUT2D eigenvalue weighted by atomic mass is 16.2. The summed E-state index contributed by atoms with van der Waals surface area (Å²) in [6.45, 7) is 1.89. The number of anilines is 2. The first-order chi connectivity index (χ1) is 9.51. The zero-order chi connectivity index (χ0) is 14.3. The van der Waals surface area contributed by atoms with Crippen LogP contribution < -0.4 is 10.6 Å². The van der Waals surface area contributed by atoms with E-state index in [0.717, 1.165) is 31.2 Å². The van der Waals surface area contributed by atoms with Crippen LogP contribution in [-0.4, -0.2) is 11.8 Å². The Morgan fingerprint density at radius 1 is 1.10 bits per heavy atom. The minimum atomic E-state index is -0.0627. The van der Waals surface area contributed by atoms with Gasteiger partial charge in [-0.2, -0.15) is 0 Å². The Labute approximate surface area is 118 Å². The van der Waals surface area contributed by atoms with Gasteiger partial charge in [-0.25, -0.2) is 0 Å². The van der Waals surface area contributed by atoms with Crippen LogP contribution in [0.5, 0.6) is 0 Å². The number of hydrogen-bond acceptors (Lipinski definition) is 3. The maximum atomic E-state index is 12.4. The van der Waals surface area contributed by atoms with Crippen LogP contribution in [0, 0.1) is 12.3 Å². The van der Waals surface area contributed by atoms with Crippen molar-refractivity contribution in [1.82, 2.24) is 0 Å². The minimum Gasteiger partial charge on any atom is -0.399 e. The van der Waals surface area contributed by atoms with E-state index in [1.807, 2.05) is 13.0 Å². The van der Waals surface area contributed by atoms with Gasteiger partial charge in [0.25, 0.3) is 0 Å². The van der Waals surface area contributed by atoms with Gasteiger partial charge >= 0.3 is 0 Å². The second kappa shape index (κ2) is 4.62. The molecule has 1 saturated heterocycles. The number of piperidine rings is 1. The summed E-state index contributed by atoms with van der Waals surface area (Å²) in [5.74, 6) is -0.125. The van der Waals surface area contributed by atoms with Crippen LogP contribution in [0.3, 0.4) is 0 Å². The Hall–Kier alpha value is -1.84. The molecule has 1 spiro atoms.